The lowest BCUT2D eigenvalue weighted by Gasteiger charge is -2.34. The maximum Gasteiger partial charge on any atom is 0.229 e. The van der Waals surface area contributed by atoms with Crippen molar-refractivity contribution in [3.63, 3.8) is 0 Å². The summed E-state index contributed by atoms with van der Waals surface area (Å²) in [6.07, 6.45) is 5.99. The lowest BCUT2D eigenvalue weighted by atomic mass is 10.2. The van der Waals surface area contributed by atoms with Crippen LogP contribution in [0.5, 0.6) is 5.88 Å². The fourth-order valence-corrected chi connectivity index (χ4v) is 3.36. The summed E-state index contributed by atoms with van der Waals surface area (Å²) >= 11 is 0. The molecule has 1 aromatic heterocycles. The largest absolute Gasteiger partial charge is 0.477 e. The van der Waals surface area contributed by atoms with E-state index in [4.69, 9.17) is 14.7 Å². The number of nitrogens with zero attached hydrogens (tertiary/aromatic N) is 4. The highest BCUT2D eigenvalue weighted by Crippen LogP contribution is 2.26. The van der Waals surface area contributed by atoms with Crippen molar-refractivity contribution in [1.82, 2.24) is 14.9 Å². The molecule has 0 unspecified atom stereocenters. The number of rotatable bonds is 9. The van der Waals surface area contributed by atoms with E-state index in [9.17, 15) is 0 Å². The summed E-state index contributed by atoms with van der Waals surface area (Å²) < 4.78 is 6.04. The molecule has 0 radical (unpaired) electrons. The predicted molar refractivity (Wildman–Crippen MR) is 108 cm³/mol. The molecule has 142 valence electrons. The Hall–Kier alpha value is -1.88. The fraction of sp³-hybridized carbons (Fsp3) is 0.619. The van der Waals surface area contributed by atoms with E-state index in [1.54, 1.807) is 0 Å². The molecule has 0 amide bonds. The average molecular weight is 357 g/mol. The van der Waals surface area contributed by atoms with Gasteiger partial charge in [0, 0.05) is 26.2 Å². The van der Waals surface area contributed by atoms with Crippen LogP contribution in [0.2, 0.25) is 0 Å². The standard InChI is InChI=1S/C21H32N4O/c1-3-5-9-17-26-20-18-10-7-8-11-19(18)22-21(23-20)25-15-13-24(14-16-25)12-6-4-2/h7-8,10-11H,3-6,9,12-17H2,1-2H3. The molecule has 2 aromatic rings. The Balaban J connectivity index is 1.72. The highest BCUT2D eigenvalue weighted by atomic mass is 16.5. The van der Waals surface area contributed by atoms with Crippen molar-refractivity contribution in [3.05, 3.63) is 24.3 Å². The minimum atomic E-state index is 0.721. The zero-order valence-electron chi connectivity index (χ0n) is 16.3. The Morgan fingerprint density at radius 3 is 2.46 bits per heavy atom. The summed E-state index contributed by atoms with van der Waals surface area (Å²) in [6, 6.07) is 8.16. The molecule has 26 heavy (non-hydrogen) atoms. The van der Waals surface area contributed by atoms with Crippen molar-refractivity contribution in [2.75, 3.05) is 44.2 Å². The van der Waals surface area contributed by atoms with Gasteiger partial charge in [0.15, 0.2) is 0 Å². The van der Waals surface area contributed by atoms with Crippen LogP contribution in [0.3, 0.4) is 0 Å². The van der Waals surface area contributed by atoms with Crippen molar-refractivity contribution < 1.29 is 4.74 Å². The SMILES string of the molecule is CCCCCOc1nc(N2CCN(CCCC)CC2)nc2ccccc12. The second kappa shape index (κ2) is 9.72. The molecular formula is C21H32N4O. The van der Waals surface area contributed by atoms with Crippen LogP contribution < -0.4 is 9.64 Å². The number of ether oxygens (including phenoxy) is 1. The van der Waals surface area contributed by atoms with E-state index in [2.05, 4.69) is 35.8 Å². The third kappa shape index (κ3) is 4.85. The molecule has 5 heteroatoms. The minimum Gasteiger partial charge on any atom is -0.477 e. The van der Waals surface area contributed by atoms with Crippen LogP contribution in [0.25, 0.3) is 10.9 Å². The van der Waals surface area contributed by atoms with E-state index in [0.29, 0.717) is 0 Å². The van der Waals surface area contributed by atoms with Gasteiger partial charge in [-0.15, -0.1) is 0 Å². The van der Waals surface area contributed by atoms with Gasteiger partial charge in [0.1, 0.15) is 0 Å². The second-order valence-electron chi connectivity index (χ2n) is 7.08. The van der Waals surface area contributed by atoms with Crippen molar-refractivity contribution in [2.45, 2.75) is 46.0 Å². The third-order valence-electron chi connectivity index (χ3n) is 5.03. The predicted octanol–water partition coefficient (Wildman–Crippen LogP) is 4.12. The van der Waals surface area contributed by atoms with Crippen LogP contribution in [0.4, 0.5) is 5.95 Å². The van der Waals surface area contributed by atoms with E-state index < -0.39 is 0 Å². The smallest absolute Gasteiger partial charge is 0.229 e. The van der Waals surface area contributed by atoms with Gasteiger partial charge >= 0.3 is 0 Å². The molecule has 0 saturated carbocycles. The van der Waals surface area contributed by atoms with E-state index in [0.717, 1.165) is 61.9 Å². The number of fused-ring (bicyclic) bond motifs is 1. The van der Waals surface area contributed by atoms with Crippen LogP contribution >= 0.6 is 0 Å². The van der Waals surface area contributed by atoms with E-state index in [-0.39, 0.29) is 0 Å². The van der Waals surface area contributed by atoms with Crippen molar-refractivity contribution >= 4 is 16.9 Å². The molecule has 0 aliphatic carbocycles. The first-order chi connectivity index (χ1) is 12.8. The number of hydrogen-bond donors (Lipinski definition) is 0. The van der Waals surface area contributed by atoms with Crippen LogP contribution in [-0.4, -0.2) is 54.2 Å². The third-order valence-corrected chi connectivity index (χ3v) is 5.03. The van der Waals surface area contributed by atoms with Gasteiger partial charge in [0.05, 0.1) is 17.5 Å². The van der Waals surface area contributed by atoms with Gasteiger partial charge in [0.25, 0.3) is 0 Å². The number of hydrogen-bond acceptors (Lipinski definition) is 5. The van der Waals surface area contributed by atoms with Crippen molar-refractivity contribution in [2.24, 2.45) is 0 Å². The summed E-state index contributed by atoms with van der Waals surface area (Å²) in [5.74, 6) is 1.54. The summed E-state index contributed by atoms with van der Waals surface area (Å²) in [5, 5.41) is 1.01. The minimum absolute atomic E-state index is 0.721. The number of para-hydroxylation sites is 1. The molecule has 2 heterocycles. The number of unbranched alkanes of at least 4 members (excludes halogenated alkanes) is 3. The molecule has 0 bridgehead atoms. The molecule has 1 aliphatic heterocycles. The molecule has 0 N–H and O–H groups in total. The van der Waals surface area contributed by atoms with E-state index in [1.165, 1.54) is 32.2 Å². The Morgan fingerprint density at radius 1 is 0.923 bits per heavy atom. The van der Waals surface area contributed by atoms with E-state index in [1.807, 2.05) is 12.1 Å². The lowest BCUT2D eigenvalue weighted by Crippen LogP contribution is -2.47. The number of benzene rings is 1. The Morgan fingerprint density at radius 2 is 1.69 bits per heavy atom. The highest BCUT2D eigenvalue weighted by Gasteiger charge is 2.20. The molecular weight excluding hydrogens is 324 g/mol. The molecule has 1 fully saturated rings. The summed E-state index contributed by atoms with van der Waals surface area (Å²) in [6.45, 7) is 10.5. The van der Waals surface area contributed by atoms with Gasteiger partial charge in [-0.3, -0.25) is 4.90 Å². The Bertz CT molecular complexity index is 683. The molecule has 5 nitrogen and oxygen atoms in total. The molecule has 1 aromatic carbocycles. The Kier molecular flexibility index (Phi) is 7.06. The summed E-state index contributed by atoms with van der Waals surface area (Å²) in [5.41, 5.74) is 0.969. The second-order valence-corrected chi connectivity index (χ2v) is 7.08. The lowest BCUT2D eigenvalue weighted by molar-refractivity contribution is 0.252. The molecule has 0 atom stereocenters. The van der Waals surface area contributed by atoms with Gasteiger partial charge in [-0.25, -0.2) is 4.98 Å². The zero-order valence-corrected chi connectivity index (χ0v) is 16.3. The number of aromatic nitrogens is 2. The normalized spacial score (nSPS) is 15.5. The van der Waals surface area contributed by atoms with Crippen LogP contribution in [0.15, 0.2) is 24.3 Å². The molecule has 1 saturated heterocycles. The maximum atomic E-state index is 6.04. The van der Waals surface area contributed by atoms with Gasteiger partial charge in [-0.2, -0.15) is 4.98 Å². The summed E-state index contributed by atoms with van der Waals surface area (Å²) in [7, 11) is 0. The fourth-order valence-electron chi connectivity index (χ4n) is 3.36. The van der Waals surface area contributed by atoms with Crippen molar-refractivity contribution in [3.8, 4) is 5.88 Å². The average Bonchev–Trinajstić information content (AvgIpc) is 2.69. The first kappa shape index (κ1) is 18.9. The monoisotopic (exact) mass is 356 g/mol. The van der Waals surface area contributed by atoms with Gasteiger partial charge in [-0.05, 0) is 31.5 Å². The van der Waals surface area contributed by atoms with Crippen LogP contribution in [-0.2, 0) is 0 Å². The first-order valence-electron chi connectivity index (χ1n) is 10.2. The van der Waals surface area contributed by atoms with E-state index >= 15 is 0 Å². The quantitative estimate of drug-likeness (QED) is 0.632. The van der Waals surface area contributed by atoms with Gasteiger partial charge in [-0.1, -0.05) is 45.2 Å². The zero-order chi connectivity index (χ0) is 18.2. The van der Waals surface area contributed by atoms with Crippen LogP contribution in [0.1, 0.15) is 46.0 Å². The van der Waals surface area contributed by atoms with Crippen molar-refractivity contribution in [1.29, 1.82) is 0 Å². The molecule has 0 spiro atoms. The molecule has 1 aliphatic rings. The topological polar surface area (TPSA) is 41.5 Å². The highest BCUT2D eigenvalue weighted by molar-refractivity contribution is 5.84. The van der Waals surface area contributed by atoms with Gasteiger partial charge in [0.2, 0.25) is 11.8 Å². The number of anilines is 1. The first-order valence-corrected chi connectivity index (χ1v) is 10.2. The molecule has 3 rings (SSSR count). The summed E-state index contributed by atoms with van der Waals surface area (Å²) in [4.78, 5) is 14.4. The Labute approximate surface area is 157 Å². The number of piperazine rings is 1. The maximum absolute atomic E-state index is 6.04. The van der Waals surface area contributed by atoms with Gasteiger partial charge < -0.3 is 9.64 Å². The van der Waals surface area contributed by atoms with Crippen LogP contribution in [0, 0.1) is 0 Å².